The highest BCUT2D eigenvalue weighted by Crippen LogP contribution is 2.36. The van der Waals surface area contributed by atoms with Gasteiger partial charge in [0.15, 0.2) is 0 Å². The molecule has 0 aliphatic heterocycles. The summed E-state index contributed by atoms with van der Waals surface area (Å²) in [7, 11) is -3.49. The maximum atomic E-state index is 12.7. The van der Waals surface area contributed by atoms with Crippen LogP contribution in [0.5, 0.6) is 0 Å². The Morgan fingerprint density at radius 1 is 1.00 bits per heavy atom. The van der Waals surface area contributed by atoms with Crippen molar-refractivity contribution in [3.8, 4) is 0 Å². The molecule has 3 rings (SSSR count). The molecule has 1 aromatic carbocycles. The number of sulfonamides is 1. The molecule has 0 amide bonds. The highest BCUT2D eigenvalue weighted by atomic mass is 32.2. The Bertz CT molecular complexity index is 867. The molecule has 2 saturated carbocycles. The number of carbonyl (C=O) groups is 1. The van der Waals surface area contributed by atoms with E-state index in [1.165, 1.54) is 5.56 Å². The molecule has 0 radical (unpaired) electrons. The first-order valence-corrected chi connectivity index (χ1v) is 13.6. The number of halogens is 3. The van der Waals surface area contributed by atoms with Crippen LogP contribution in [-0.2, 0) is 19.6 Å². The summed E-state index contributed by atoms with van der Waals surface area (Å²) < 4.78 is 70.6. The zero-order chi connectivity index (χ0) is 24.1. The van der Waals surface area contributed by atoms with Crippen LogP contribution in [0.15, 0.2) is 30.3 Å². The Kier molecular flexibility index (Phi) is 8.97. The van der Waals surface area contributed by atoms with E-state index >= 15 is 0 Å². The van der Waals surface area contributed by atoms with Crippen molar-refractivity contribution < 1.29 is 31.1 Å². The molecular weight excluding hydrogens is 455 g/mol. The minimum Gasteiger partial charge on any atom is -0.378 e. The average molecular weight is 490 g/mol. The van der Waals surface area contributed by atoms with Gasteiger partial charge >= 0.3 is 6.18 Å². The van der Waals surface area contributed by atoms with Gasteiger partial charge in [0.1, 0.15) is 12.2 Å². The second-order valence-electron chi connectivity index (χ2n) is 9.58. The van der Waals surface area contributed by atoms with Crippen molar-refractivity contribution in [1.82, 2.24) is 4.72 Å². The Balaban J connectivity index is 1.55. The fourth-order valence-electron chi connectivity index (χ4n) is 5.22. The molecule has 0 aromatic heterocycles. The number of carbonyl (C=O) groups excluding carboxylic acids is 1. The zero-order valence-corrected chi connectivity index (χ0v) is 19.8. The molecule has 2 aliphatic rings. The smallest absolute Gasteiger partial charge is 0.378 e. The lowest BCUT2D eigenvalue weighted by Gasteiger charge is -2.31. The van der Waals surface area contributed by atoms with Gasteiger partial charge < -0.3 is 4.74 Å². The molecule has 9 heteroatoms. The predicted octanol–water partition coefficient (Wildman–Crippen LogP) is 4.98. The fourth-order valence-corrected chi connectivity index (χ4v) is 6.08. The van der Waals surface area contributed by atoms with E-state index in [0.717, 1.165) is 31.9 Å². The molecule has 0 bridgehead atoms. The van der Waals surface area contributed by atoms with Crippen molar-refractivity contribution >= 4 is 15.8 Å². The number of rotatable bonds is 8. The standard InChI is InChI=1S/C24H34F3NO4S/c1-33(30,31)28-22-14-11-19(23(29)15-24(25,26)27)7-8-20(22)16-32-21-12-9-18(10-13-21)17-5-3-2-4-6-17/h2-6,18-22,28H,7-16H2,1H3/t18?,19?,20?,21?,22-/m0/s1. The number of ketones is 1. The Morgan fingerprint density at radius 2 is 1.64 bits per heavy atom. The summed E-state index contributed by atoms with van der Waals surface area (Å²) in [5, 5.41) is 0. The third-order valence-electron chi connectivity index (χ3n) is 6.97. The fraction of sp³-hybridized carbons (Fsp3) is 0.708. The minimum atomic E-state index is -4.52. The third-order valence-corrected chi connectivity index (χ3v) is 7.70. The predicted molar refractivity (Wildman–Crippen MR) is 120 cm³/mol. The first-order valence-electron chi connectivity index (χ1n) is 11.7. The maximum Gasteiger partial charge on any atom is 0.395 e. The molecule has 2 unspecified atom stereocenters. The van der Waals surface area contributed by atoms with Gasteiger partial charge in [-0.1, -0.05) is 30.3 Å². The van der Waals surface area contributed by atoms with Gasteiger partial charge in [0.05, 0.1) is 19.0 Å². The second kappa shape index (κ2) is 11.3. The molecule has 5 nitrogen and oxygen atoms in total. The molecule has 2 fully saturated rings. The molecule has 0 heterocycles. The highest BCUT2D eigenvalue weighted by Gasteiger charge is 2.37. The Morgan fingerprint density at radius 3 is 2.24 bits per heavy atom. The largest absolute Gasteiger partial charge is 0.395 e. The van der Waals surface area contributed by atoms with E-state index < -0.39 is 40.4 Å². The number of alkyl halides is 3. The van der Waals surface area contributed by atoms with E-state index in [2.05, 4.69) is 16.9 Å². The van der Waals surface area contributed by atoms with Gasteiger partial charge in [-0.25, -0.2) is 13.1 Å². The molecule has 2 aliphatic carbocycles. The summed E-state index contributed by atoms with van der Waals surface area (Å²) >= 11 is 0. The first-order chi connectivity index (χ1) is 15.5. The third kappa shape index (κ3) is 8.68. The van der Waals surface area contributed by atoms with Gasteiger partial charge in [-0.3, -0.25) is 4.79 Å². The van der Waals surface area contributed by atoms with E-state index in [4.69, 9.17) is 4.74 Å². The minimum absolute atomic E-state index is 0.0924. The van der Waals surface area contributed by atoms with Crippen molar-refractivity contribution in [3.05, 3.63) is 35.9 Å². The molecule has 1 aromatic rings. The SMILES string of the molecule is CS(=O)(=O)N[C@H]1CCC(C(=O)CC(F)(F)F)CCC1COC1CCC(c2ccccc2)CC1. The molecule has 0 spiro atoms. The van der Waals surface area contributed by atoms with Gasteiger partial charge in [-0.05, 0) is 68.8 Å². The quantitative estimate of drug-likeness (QED) is 0.523. The van der Waals surface area contributed by atoms with Crippen LogP contribution >= 0.6 is 0 Å². The molecule has 0 saturated heterocycles. The number of Topliss-reactive ketones (excluding diaryl/α,β-unsaturated/α-hetero) is 1. The van der Waals surface area contributed by atoms with Crippen molar-refractivity contribution in [1.29, 1.82) is 0 Å². The van der Waals surface area contributed by atoms with Crippen LogP contribution in [0.4, 0.5) is 13.2 Å². The van der Waals surface area contributed by atoms with E-state index in [-0.39, 0.29) is 18.4 Å². The van der Waals surface area contributed by atoms with Gasteiger partial charge in [0, 0.05) is 12.0 Å². The molecule has 33 heavy (non-hydrogen) atoms. The monoisotopic (exact) mass is 489 g/mol. The van der Waals surface area contributed by atoms with Crippen LogP contribution in [0.3, 0.4) is 0 Å². The zero-order valence-electron chi connectivity index (χ0n) is 19.0. The first kappa shape index (κ1) is 26.2. The second-order valence-corrected chi connectivity index (χ2v) is 11.4. The summed E-state index contributed by atoms with van der Waals surface area (Å²) in [6.45, 7) is 0.341. The summed E-state index contributed by atoms with van der Waals surface area (Å²) in [6.07, 6.45) is 0.483. The normalized spacial score (nSPS) is 29.4. The van der Waals surface area contributed by atoms with Gasteiger partial charge in [0.2, 0.25) is 10.0 Å². The van der Waals surface area contributed by atoms with Crippen molar-refractivity contribution in [3.63, 3.8) is 0 Å². The Labute approximate surface area is 194 Å². The lowest BCUT2D eigenvalue weighted by atomic mass is 9.82. The van der Waals surface area contributed by atoms with Crippen LogP contribution in [-0.4, -0.2) is 45.4 Å². The van der Waals surface area contributed by atoms with E-state index in [9.17, 15) is 26.4 Å². The van der Waals surface area contributed by atoms with Crippen LogP contribution in [0.2, 0.25) is 0 Å². The van der Waals surface area contributed by atoms with Gasteiger partial charge in [-0.15, -0.1) is 0 Å². The molecule has 1 N–H and O–H groups in total. The van der Waals surface area contributed by atoms with Crippen LogP contribution < -0.4 is 4.72 Å². The van der Waals surface area contributed by atoms with Crippen molar-refractivity contribution in [2.45, 2.75) is 82.0 Å². The van der Waals surface area contributed by atoms with E-state index in [1.54, 1.807) is 0 Å². The number of benzene rings is 1. The van der Waals surface area contributed by atoms with Crippen molar-refractivity contribution in [2.24, 2.45) is 11.8 Å². The molecule has 3 atom stereocenters. The van der Waals surface area contributed by atoms with Gasteiger partial charge in [-0.2, -0.15) is 13.2 Å². The van der Waals surface area contributed by atoms with Crippen LogP contribution in [0.1, 0.15) is 69.3 Å². The van der Waals surface area contributed by atoms with Crippen LogP contribution in [0, 0.1) is 11.8 Å². The lowest BCUT2D eigenvalue weighted by Crippen LogP contribution is -2.41. The number of nitrogens with one attached hydrogen (secondary N) is 1. The number of ether oxygens (including phenoxy) is 1. The summed E-state index contributed by atoms with van der Waals surface area (Å²) in [4.78, 5) is 12.1. The lowest BCUT2D eigenvalue weighted by molar-refractivity contribution is -0.155. The highest BCUT2D eigenvalue weighted by molar-refractivity contribution is 7.88. The van der Waals surface area contributed by atoms with Gasteiger partial charge in [0.25, 0.3) is 0 Å². The van der Waals surface area contributed by atoms with E-state index in [1.807, 2.05) is 18.2 Å². The average Bonchev–Trinajstić information content (AvgIpc) is 2.93. The number of hydrogen-bond donors (Lipinski definition) is 1. The topological polar surface area (TPSA) is 72.5 Å². The maximum absolute atomic E-state index is 12.7. The number of hydrogen-bond acceptors (Lipinski definition) is 4. The van der Waals surface area contributed by atoms with Crippen LogP contribution in [0.25, 0.3) is 0 Å². The summed E-state index contributed by atoms with van der Waals surface area (Å²) in [5.74, 6) is -1.15. The molecule has 186 valence electrons. The molecular formula is C24H34F3NO4S. The Hall–Kier alpha value is -1.45. The summed E-state index contributed by atoms with van der Waals surface area (Å²) in [5.41, 5.74) is 1.34. The van der Waals surface area contributed by atoms with E-state index in [0.29, 0.717) is 31.8 Å². The summed E-state index contributed by atoms with van der Waals surface area (Å²) in [6, 6.07) is 9.96. The van der Waals surface area contributed by atoms with Crippen molar-refractivity contribution in [2.75, 3.05) is 12.9 Å².